The largest absolute Gasteiger partial charge is 0.490 e. The lowest BCUT2D eigenvalue weighted by Crippen LogP contribution is -2.32. The Bertz CT molecular complexity index is 506. The molecule has 0 amide bonds. The molecule has 4 nitrogen and oxygen atoms in total. The van der Waals surface area contributed by atoms with Crippen LogP contribution in [0.3, 0.4) is 0 Å². The van der Waals surface area contributed by atoms with E-state index in [0.29, 0.717) is 13.2 Å². The van der Waals surface area contributed by atoms with Crippen LogP contribution in [0.15, 0.2) is 36.9 Å². The first kappa shape index (κ1) is 15.7. The third kappa shape index (κ3) is 4.36. The van der Waals surface area contributed by atoms with Crippen molar-refractivity contribution >= 4 is 10.0 Å². The number of benzene rings is 1. The molecule has 0 spiro atoms. The van der Waals surface area contributed by atoms with Crippen LogP contribution in [0.2, 0.25) is 0 Å². The van der Waals surface area contributed by atoms with Crippen molar-refractivity contribution in [1.29, 1.82) is 0 Å². The van der Waals surface area contributed by atoms with Crippen molar-refractivity contribution in [3.63, 3.8) is 0 Å². The van der Waals surface area contributed by atoms with E-state index in [1.165, 1.54) is 4.31 Å². The molecule has 1 aromatic carbocycles. The van der Waals surface area contributed by atoms with Crippen molar-refractivity contribution < 1.29 is 13.2 Å². The fourth-order valence-electron chi connectivity index (χ4n) is 1.55. The lowest BCUT2D eigenvalue weighted by atomic mass is 10.2. The van der Waals surface area contributed by atoms with Crippen molar-refractivity contribution in [2.75, 3.05) is 13.7 Å². The summed E-state index contributed by atoms with van der Waals surface area (Å²) in [6.07, 6.45) is 1.68. The Morgan fingerprint density at radius 1 is 1.32 bits per heavy atom. The molecule has 0 aliphatic carbocycles. The average molecular weight is 283 g/mol. The van der Waals surface area contributed by atoms with Gasteiger partial charge in [0.2, 0.25) is 10.0 Å². The summed E-state index contributed by atoms with van der Waals surface area (Å²) in [6, 6.07) is 7.39. The molecule has 1 rings (SSSR count). The maximum Gasteiger partial charge on any atom is 0.216 e. The van der Waals surface area contributed by atoms with Crippen molar-refractivity contribution in [2.45, 2.75) is 25.6 Å². The van der Waals surface area contributed by atoms with Gasteiger partial charge in [-0.1, -0.05) is 24.8 Å². The average Bonchev–Trinajstić information content (AvgIpc) is 2.37. The number of sulfonamides is 1. The molecule has 0 atom stereocenters. The van der Waals surface area contributed by atoms with E-state index in [9.17, 15) is 8.42 Å². The third-order valence-corrected chi connectivity index (χ3v) is 4.92. The van der Waals surface area contributed by atoms with Crippen molar-refractivity contribution in [3.8, 4) is 5.75 Å². The smallest absolute Gasteiger partial charge is 0.216 e. The predicted molar refractivity (Wildman–Crippen MR) is 77.7 cm³/mol. The van der Waals surface area contributed by atoms with Crippen LogP contribution in [-0.2, 0) is 16.6 Å². The topological polar surface area (TPSA) is 46.6 Å². The van der Waals surface area contributed by atoms with Crippen LogP contribution in [0.5, 0.6) is 5.75 Å². The quantitative estimate of drug-likeness (QED) is 0.722. The van der Waals surface area contributed by atoms with Gasteiger partial charge in [0.25, 0.3) is 0 Å². The summed E-state index contributed by atoms with van der Waals surface area (Å²) in [7, 11) is -1.62. The lowest BCUT2D eigenvalue weighted by molar-refractivity contribution is 0.363. The number of nitrogens with zero attached hydrogens (tertiary/aromatic N) is 1. The van der Waals surface area contributed by atoms with Gasteiger partial charge in [0.15, 0.2) is 0 Å². The fraction of sp³-hybridized carbons (Fsp3) is 0.429. The molecule has 19 heavy (non-hydrogen) atoms. The Labute approximate surface area is 115 Å². The minimum Gasteiger partial charge on any atom is -0.490 e. The van der Waals surface area contributed by atoms with Gasteiger partial charge >= 0.3 is 0 Å². The molecule has 0 heterocycles. The molecule has 0 aromatic heterocycles. The van der Waals surface area contributed by atoms with E-state index in [2.05, 4.69) is 6.58 Å². The second-order valence-electron chi connectivity index (χ2n) is 4.59. The second kappa shape index (κ2) is 6.73. The number of ether oxygens (including phenoxy) is 1. The second-order valence-corrected chi connectivity index (χ2v) is 7.19. The summed E-state index contributed by atoms with van der Waals surface area (Å²) >= 11 is 0. The van der Waals surface area contributed by atoms with E-state index >= 15 is 0 Å². The molecule has 0 bridgehead atoms. The highest BCUT2D eigenvalue weighted by Gasteiger charge is 2.21. The van der Waals surface area contributed by atoms with E-state index in [1.54, 1.807) is 27.0 Å². The van der Waals surface area contributed by atoms with E-state index < -0.39 is 15.3 Å². The Hall–Kier alpha value is -1.33. The normalized spacial score (nSPS) is 11.8. The van der Waals surface area contributed by atoms with Gasteiger partial charge in [-0.2, -0.15) is 0 Å². The van der Waals surface area contributed by atoms with Crippen LogP contribution >= 0.6 is 0 Å². The highest BCUT2D eigenvalue weighted by atomic mass is 32.2. The van der Waals surface area contributed by atoms with Crippen LogP contribution in [0, 0.1) is 0 Å². The SMILES string of the molecule is C=CCOc1ccc(CN(C)S(=O)(=O)C(C)C)cc1. The Balaban J connectivity index is 2.70. The molecule has 0 aliphatic heterocycles. The Morgan fingerprint density at radius 3 is 2.37 bits per heavy atom. The molecular formula is C14H21NO3S. The summed E-state index contributed by atoms with van der Waals surface area (Å²) in [6.45, 7) is 7.76. The molecule has 0 radical (unpaired) electrons. The van der Waals surface area contributed by atoms with Gasteiger partial charge in [-0.3, -0.25) is 0 Å². The zero-order chi connectivity index (χ0) is 14.5. The molecule has 0 unspecified atom stereocenters. The van der Waals surface area contributed by atoms with E-state index in [4.69, 9.17) is 4.74 Å². The first-order valence-corrected chi connectivity index (χ1v) is 7.66. The zero-order valence-corrected chi connectivity index (χ0v) is 12.5. The van der Waals surface area contributed by atoms with Gasteiger partial charge in [0.1, 0.15) is 12.4 Å². The Morgan fingerprint density at radius 2 is 1.89 bits per heavy atom. The standard InChI is InChI=1S/C14H21NO3S/c1-5-10-18-14-8-6-13(7-9-14)11-15(4)19(16,17)12(2)3/h5-9,12H,1,10-11H2,2-4H3. The lowest BCUT2D eigenvalue weighted by Gasteiger charge is -2.19. The first-order valence-electron chi connectivity index (χ1n) is 6.15. The fourth-order valence-corrected chi connectivity index (χ4v) is 2.60. The highest BCUT2D eigenvalue weighted by molar-refractivity contribution is 7.89. The van der Waals surface area contributed by atoms with E-state index in [0.717, 1.165) is 11.3 Å². The molecule has 0 saturated heterocycles. The molecule has 1 aromatic rings. The van der Waals surface area contributed by atoms with Gasteiger partial charge in [-0.25, -0.2) is 12.7 Å². The highest BCUT2D eigenvalue weighted by Crippen LogP contribution is 2.15. The van der Waals surface area contributed by atoms with Gasteiger partial charge in [0.05, 0.1) is 5.25 Å². The van der Waals surface area contributed by atoms with Crippen LogP contribution in [0.25, 0.3) is 0 Å². The zero-order valence-electron chi connectivity index (χ0n) is 11.7. The molecule has 106 valence electrons. The number of rotatable bonds is 7. The van der Waals surface area contributed by atoms with Gasteiger partial charge in [-0.05, 0) is 31.5 Å². The molecule has 0 saturated carbocycles. The van der Waals surface area contributed by atoms with Crippen molar-refractivity contribution in [1.82, 2.24) is 4.31 Å². The Kier molecular flexibility index (Phi) is 5.57. The van der Waals surface area contributed by atoms with Gasteiger partial charge in [0, 0.05) is 13.6 Å². The molecule has 5 heteroatoms. The molecule has 0 fully saturated rings. The molecule has 0 aliphatic rings. The summed E-state index contributed by atoms with van der Waals surface area (Å²) in [5.41, 5.74) is 0.928. The maximum absolute atomic E-state index is 11.9. The minimum atomic E-state index is -3.21. The van der Waals surface area contributed by atoms with Crippen LogP contribution in [0.1, 0.15) is 19.4 Å². The summed E-state index contributed by atoms with van der Waals surface area (Å²) in [5.74, 6) is 0.748. The van der Waals surface area contributed by atoms with Crippen LogP contribution in [-0.4, -0.2) is 31.6 Å². The maximum atomic E-state index is 11.9. The van der Waals surface area contributed by atoms with E-state index in [-0.39, 0.29) is 0 Å². The number of hydrogen-bond acceptors (Lipinski definition) is 3. The van der Waals surface area contributed by atoms with Gasteiger partial charge < -0.3 is 4.74 Å². The predicted octanol–water partition coefficient (Wildman–Crippen LogP) is 2.42. The first-order chi connectivity index (χ1) is 8.87. The summed E-state index contributed by atoms with van der Waals surface area (Å²) < 4.78 is 30.6. The molecule has 0 N–H and O–H groups in total. The third-order valence-electron chi connectivity index (χ3n) is 2.73. The van der Waals surface area contributed by atoms with E-state index in [1.807, 2.05) is 24.3 Å². The molecular weight excluding hydrogens is 262 g/mol. The monoisotopic (exact) mass is 283 g/mol. The minimum absolute atomic E-state index is 0.363. The van der Waals surface area contributed by atoms with Crippen LogP contribution in [0.4, 0.5) is 0 Å². The van der Waals surface area contributed by atoms with Crippen molar-refractivity contribution in [3.05, 3.63) is 42.5 Å². The van der Waals surface area contributed by atoms with Crippen LogP contribution < -0.4 is 4.74 Å². The summed E-state index contributed by atoms with van der Waals surface area (Å²) in [5, 5.41) is -0.410. The number of hydrogen-bond donors (Lipinski definition) is 0. The van der Waals surface area contributed by atoms with Crippen molar-refractivity contribution in [2.24, 2.45) is 0 Å². The summed E-state index contributed by atoms with van der Waals surface area (Å²) in [4.78, 5) is 0. The van der Waals surface area contributed by atoms with Gasteiger partial charge in [-0.15, -0.1) is 0 Å².